The van der Waals surface area contributed by atoms with E-state index in [0.717, 1.165) is 5.56 Å². The molecule has 2 aromatic rings. The van der Waals surface area contributed by atoms with Crippen molar-refractivity contribution in [3.8, 4) is 0 Å². The van der Waals surface area contributed by atoms with Gasteiger partial charge in [0, 0.05) is 28.4 Å². The number of aromatic nitrogens is 2. The Kier molecular flexibility index (Phi) is 3.91. The summed E-state index contributed by atoms with van der Waals surface area (Å²) in [5.41, 5.74) is 0.728. The van der Waals surface area contributed by atoms with Crippen molar-refractivity contribution in [2.45, 2.75) is 11.4 Å². The van der Waals surface area contributed by atoms with E-state index in [4.69, 9.17) is 23.2 Å². The van der Waals surface area contributed by atoms with Crippen LogP contribution in [0.5, 0.6) is 0 Å². The lowest BCUT2D eigenvalue weighted by atomic mass is 10.4. The lowest BCUT2D eigenvalue weighted by molar-refractivity contribution is 0.581. The van der Waals surface area contributed by atoms with Gasteiger partial charge in [0.25, 0.3) is 0 Å². The third-order valence-electron chi connectivity index (χ3n) is 2.17. The van der Waals surface area contributed by atoms with Crippen LogP contribution in [0.3, 0.4) is 0 Å². The van der Waals surface area contributed by atoms with Crippen molar-refractivity contribution >= 4 is 33.2 Å². The van der Waals surface area contributed by atoms with E-state index in [2.05, 4.69) is 14.9 Å². The lowest BCUT2D eigenvalue weighted by Gasteiger charge is -2.06. The zero-order chi connectivity index (χ0) is 13.2. The van der Waals surface area contributed by atoms with Gasteiger partial charge in [-0.3, -0.25) is 5.10 Å². The van der Waals surface area contributed by atoms with Crippen molar-refractivity contribution in [2.24, 2.45) is 0 Å². The van der Waals surface area contributed by atoms with Crippen molar-refractivity contribution in [1.82, 2.24) is 14.9 Å². The highest BCUT2D eigenvalue weighted by Gasteiger charge is 2.15. The molecule has 8 heteroatoms. The highest BCUT2D eigenvalue weighted by atomic mass is 35.5. The van der Waals surface area contributed by atoms with E-state index in [1.807, 2.05) is 0 Å². The van der Waals surface area contributed by atoms with Crippen LogP contribution in [0.1, 0.15) is 5.56 Å². The second-order valence-electron chi connectivity index (χ2n) is 3.54. The Morgan fingerprint density at radius 1 is 1.22 bits per heavy atom. The molecule has 2 rings (SSSR count). The van der Waals surface area contributed by atoms with Gasteiger partial charge in [0.05, 0.1) is 11.1 Å². The molecular weight excluding hydrogens is 297 g/mol. The van der Waals surface area contributed by atoms with E-state index in [9.17, 15) is 8.42 Å². The van der Waals surface area contributed by atoms with Crippen LogP contribution in [0.4, 0.5) is 0 Å². The summed E-state index contributed by atoms with van der Waals surface area (Å²) < 4.78 is 26.4. The number of halogens is 2. The second-order valence-corrected chi connectivity index (χ2v) is 6.18. The molecule has 0 aliphatic heterocycles. The zero-order valence-corrected chi connectivity index (χ0v) is 11.4. The van der Waals surface area contributed by atoms with Gasteiger partial charge in [0.15, 0.2) is 0 Å². The number of benzene rings is 1. The number of rotatable bonds is 4. The highest BCUT2D eigenvalue weighted by Crippen LogP contribution is 2.22. The van der Waals surface area contributed by atoms with Crippen LogP contribution >= 0.6 is 23.2 Å². The van der Waals surface area contributed by atoms with Gasteiger partial charge in [-0.2, -0.15) is 5.10 Å². The van der Waals surface area contributed by atoms with Crippen LogP contribution in [0.2, 0.25) is 10.0 Å². The van der Waals surface area contributed by atoms with E-state index in [0.29, 0.717) is 0 Å². The summed E-state index contributed by atoms with van der Waals surface area (Å²) in [5, 5.41) is 6.86. The Labute approximate surface area is 114 Å². The van der Waals surface area contributed by atoms with Gasteiger partial charge in [-0.1, -0.05) is 23.2 Å². The molecule has 0 amide bonds. The summed E-state index contributed by atoms with van der Waals surface area (Å²) in [6.07, 6.45) is 3.14. The van der Waals surface area contributed by atoms with Gasteiger partial charge >= 0.3 is 0 Å². The molecule has 96 valence electrons. The van der Waals surface area contributed by atoms with Gasteiger partial charge in [-0.05, 0) is 18.2 Å². The third-order valence-corrected chi connectivity index (χ3v) is 3.98. The maximum Gasteiger partial charge on any atom is 0.240 e. The fourth-order valence-corrected chi connectivity index (χ4v) is 3.06. The maximum atomic E-state index is 12.0. The molecule has 18 heavy (non-hydrogen) atoms. The first kappa shape index (κ1) is 13.4. The number of nitrogens with one attached hydrogen (secondary N) is 2. The number of nitrogens with zero attached hydrogens (tertiary/aromatic N) is 1. The molecular formula is C10H9Cl2N3O2S. The molecule has 0 aliphatic rings. The first-order valence-electron chi connectivity index (χ1n) is 4.91. The summed E-state index contributed by atoms with van der Waals surface area (Å²) in [6.45, 7) is 0.142. The Hall–Kier alpha value is -1.08. The first-order valence-corrected chi connectivity index (χ1v) is 7.15. The van der Waals surface area contributed by atoms with Crippen molar-refractivity contribution < 1.29 is 8.42 Å². The fourth-order valence-electron chi connectivity index (χ4n) is 1.32. The quantitative estimate of drug-likeness (QED) is 0.909. The molecule has 0 bridgehead atoms. The summed E-state index contributed by atoms with van der Waals surface area (Å²) >= 11 is 11.5. The first-order chi connectivity index (χ1) is 8.47. The van der Waals surface area contributed by atoms with Crippen LogP contribution in [-0.4, -0.2) is 18.6 Å². The third kappa shape index (κ3) is 3.23. The Morgan fingerprint density at radius 3 is 2.44 bits per heavy atom. The van der Waals surface area contributed by atoms with Gasteiger partial charge in [0.2, 0.25) is 10.0 Å². The summed E-state index contributed by atoms with van der Waals surface area (Å²) in [4.78, 5) is 0.0310. The minimum Gasteiger partial charge on any atom is -0.285 e. The number of H-pyrrole nitrogens is 1. The molecule has 1 heterocycles. The van der Waals surface area contributed by atoms with Gasteiger partial charge < -0.3 is 0 Å². The minimum atomic E-state index is -3.64. The topological polar surface area (TPSA) is 74.8 Å². The number of hydrogen-bond acceptors (Lipinski definition) is 3. The van der Waals surface area contributed by atoms with E-state index < -0.39 is 10.0 Å². The largest absolute Gasteiger partial charge is 0.285 e. The van der Waals surface area contributed by atoms with Crippen LogP contribution in [-0.2, 0) is 16.6 Å². The van der Waals surface area contributed by atoms with E-state index >= 15 is 0 Å². The van der Waals surface area contributed by atoms with Crippen LogP contribution in [0.25, 0.3) is 0 Å². The molecule has 5 nitrogen and oxygen atoms in total. The molecule has 0 saturated carbocycles. The molecule has 0 unspecified atom stereocenters. The lowest BCUT2D eigenvalue weighted by Crippen LogP contribution is -2.23. The summed E-state index contributed by atoms with van der Waals surface area (Å²) in [5.74, 6) is 0. The number of sulfonamides is 1. The van der Waals surface area contributed by atoms with Crippen molar-refractivity contribution in [3.63, 3.8) is 0 Å². The van der Waals surface area contributed by atoms with E-state index in [1.165, 1.54) is 24.4 Å². The molecule has 0 fully saturated rings. The smallest absolute Gasteiger partial charge is 0.240 e. The number of hydrogen-bond donors (Lipinski definition) is 2. The monoisotopic (exact) mass is 305 g/mol. The average Bonchev–Trinajstić information content (AvgIpc) is 2.78. The van der Waals surface area contributed by atoms with Crippen LogP contribution in [0, 0.1) is 0 Å². The van der Waals surface area contributed by atoms with Crippen LogP contribution in [0.15, 0.2) is 35.5 Å². The molecule has 2 N–H and O–H groups in total. The molecule has 0 radical (unpaired) electrons. The van der Waals surface area contributed by atoms with E-state index in [1.54, 1.807) is 6.20 Å². The molecule has 0 aliphatic carbocycles. The van der Waals surface area contributed by atoms with E-state index in [-0.39, 0.29) is 21.5 Å². The molecule has 1 aromatic heterocycles. The standard InChI is InChI=1S/C10H9Cl2N3O2S/c11-8-1-9(12)3-10(2-8)18(16,17)15-6-7-4-13-14-5-7/h1-5,15H,6H2,(H,13,14). The second kappa shape index (κ2) is 5.27. The Morgan fingerprint density at radius 2 is 1.89 bits per heavy atom. The molecule has 0 spiro atoms. The van der Waals surface area contributed by atoms with Crippen molar-refractivity contribution in [1.29, 1.82) is 0 Å². The predicted molar refractivity (Wildman–Crippen MR) is 69.1 cm³/mol. The maximum absolute atomic E-state index is 12.0. The zero-order valence-electron chi connectivity index (χ0n) is 9.02. The van der Waals surface area contributed by atoms with Crippen molar-refractivity contribution in [3.05, 3.63) is 46.2 Å². The molecule has 0 saturated heterocycles. The average molecular weight is 306 g/mol. The predicted octanol–water partition coefficient (Wildman–Crippen LogP) is 2.20. The molecule has 1 aromatic carbocycles. The summed E-state index contributed by atoms with van der Waals surface area (Å²) in [7, 11) is -3.64. The normalized spacial score (nSPS) is 11.7. The Bertz CT molecular complexity index is 621. The Balaban J connectivity index is 2.20. The van der Waals surface area contributed by atoms with Gasteiger partial charge in [0.1, 0.15) is 0 Å². The number of aromatic amines is 1. The summed E-state index contributed by atoms with van der Waals surface area (Å²) in [6, 6.07) is 4.15. The van der Waals surface area contributed by atoms with Gasteiger partial charge in [-0.15, -0.1) is 0 Å². The van der Waals surface area contributed by atoms with Crippen molar-refractivity contribution in [2.75, 3.05) is 0 Å². The van der Waals surface area contributed by atoms with Gasteiger partial charge in [-0.25, -0.2) is 13.1 Å². The minimum absolute atomic E-state index is 0.0310. The molecule has 0 atom stereocenters. The highest BCUT2D eigenvalue weighted by molar-refractivity contribution is 7.89. The van der Waals surface area contributed by atoms with Crippen LogP contribution < -0.4 is 4.72 Å². The fraction of sp³-hybridized carbons (Fsp3) is 0.100. The SMILES string of the molecule is O=S(=O)(NCc1cn[nH]c1)c1cc(Cl)cc(Cl)c1.